The van der Waals surface area contributed by atoms with Crippen molar-refractivity contribution in [3.05, 3.63) is 29.8 Å². The number of benzene rings is 1. The van der Waals surface area contributed by atoms with Crippen molar-refractivity contribution in [2.24, 2.45) is 0 Å². The van der Waals surface area contributed by atoms with E-state index in [4.69, 9.17) is 4.74 Å². The van der Waals surface area contributed by atoms with Crippen molar-refractivity contribution in [2.75, 3.05) is 20.7 Å². The van der Waals surface area contributed by atoms with Gasteiger partial charge in [0.1, 0.15) is 0 Å². The van der Waals surface area contributed by atoms with Gasteiger partial charge in [0.05, 0.1) is 35.7 Å². The van der Waals surface area contributed by atoms with Gasteiger partial charge in [0.15, 0.2) is 0 Å². The summed E-state index contributed by atoms with van der Waals surface area (Å²) in [5.74, 6) is 0.0162. The maximum absolute atomic E-state index is 12.9. The van der Waals surface area contributed by atoms with E-state index >= 15 is 0 Å². The molecular formula is C24H35F3N2O5S. The Morgan fingerprint density at radius 3 is 2.06 bits per heavy atom. The van der Waals surface area contributed by atoms with Crippen LogP contribution in [0.1, 0.15) is 63.4 Å². The molecule has 2 fully saturated rings. The van der Waals surface area contributed by atoms with E-state index in [0.717, 1.165) is 37.1 Å². The van der Waals surface area contributed by atoms with Crippen LogP contribution >= 0.6 is 0 Å². The molecule has 0 heterocycles. The van der Waals surface area contributed by atoms with Crippen LogP contribution in [0.5, 0.6) is 0 Å². The zero-order valence-corrected chi connectivity index (χ0v) is 21.0. The second-order valence-corrected chi connectivity index (χ2v) is 11.6. The Morgan fingerprint density at radius 1 is 0.971 bits per heavy atom. The molecule has 198 valence electrons. The van der Waals surface area contributed by atoms with Gasteiger partial charge in [-0.3, -0.25) is 4.79 Å². The molecule has 7 nitrogen and oxygen atoms in total. The van der Waals surface area contributed by atoms with Gasteiger partial charge in [0.25, 0.3) is 0 Å². The van der Waals surface area contributed by atoms with E-state index in [1.165, 1.54) is 11.4 Å². The number of sulfonamides is 1. The summed E-state index contributed by atoms with van der Waals surface area (Å²) in [7, 11) is -0.661. The quantitative estimate of drug-likeness (QED) is 0.564. The van der Waals surface area contributed by atoms with Gasteiger partial charge in [-0.1, -0.05) is 0 Å². The molecule has 0 radical (unpaired) electrons. The SMILES string of the molecule is CN(C(=O)CCO[C@H]1CC[C@H](N(C)S(=O)(=O)c2ccc(C(F)(F)F)cc2)CC1)C1CCC(O)CC1. The molecule has 3 rings (SSSR count). The number of ether oxygens (including phenoxy) is 1. The van der Waals surface area contributed by atoms with Crippen LogP contribution in [0.25, 0.3) is 0 Å². The molecule has 0 aromatic heterocycles. The molecule has 11 heteroatoms. The zero-order valence-electron chi connectivity index (χ0n) is 20.2. The van der Waals surface area contributed by atoms with Crippen LogP contribution in [0.2, 0.25) is 0 Å². The number of hydrogen-bond acceptors (Lipinski definition) is 5. The fourth-order valence-corrected chi connectivity index (χ4v) is 6.31. The first kappa shape index (κ1) is 27.9. The minimum Gasteiger partial charge on any atom is -0.393 e. The summed E-state index contributed by atoms with van der Waals surface area (Å²) in [5.41, 5.74) is -0.890. The van der Waals surface area contributed by atoms with E-state index in [-0.39, 0.29) is 41.5 Å². The zero-order chi connectivity index (χ0) is 25.8. The topological polar surface area (TPSA) is 87.2 Å². The Kier molecular flexibility index (Phi) is 9.22. The lowest BCUT2D eigenvalue weighted by atomic mass is 9.92. The highest BCUT2D eigenvalue weighted by molar-refractivity contribution is 7.89. The molecule has 2 aliphatic rings. The van der Waals surface area contributed by atoms with Crippen molar-refractivity contribution in [1.82, 2.24) is 9.21 Å². The predicted molar refractivity (Wildman–Crippen MR) is 124 cm³/mol. The van der Waals surface area contributed by atoms with Crippen LogP contribution in [0.15, 0.2) is 29.2 Å². The fraction of sp³-hybridized carbons (Fsp3) is 0.708. The first-order valence-electron chi connectivity index (χ1n) is 12.1. The largest absolute Gasteiger partial charge is 0.416 e. The smallest absolute Gasteiger partial charge is 0.393 e. The molecule has 0 spiro atoms. The summed E-state index contributed by atoms with van der Waals surface area (Å²) in [4.78, 5) is 14.1. The van der Waals surface area contributed by atoms with Crippen LogP contribution in [0.3, 0.4) is 0 Å². The monoisotopic (exact) mass is 520 g/mol. The molecule has 2 aliphatic carbocycles. The second kappa shape index (κ2) is 11.6. The molecule has 1 N–H and O–H groups in total. The Bertz CT molecular complexity index is 939. The Morgan fingerprint density at radius 2 is 1.51 bits per heavy atom. The summed E-state index contributed by atoms with van der Waals surface area (Å²) < 4.78 is 71.2. The molecule has 0 saturated heterocycles. The number of carbonyl (C=O) groups excluding carboxylic acids is 1. The van der Waals surface area contributed by atoms with Crippen molar-refractivity contribution in [2.45, 2.75) is 93.2 Å². The van der Waals surface area contributed by atoms with Crippen LogP contribution < -0.4 is 0 Å². The van der Waals surface area contributed by atoms with E-state index in [1.807, 2.05) is 0 Å². The van der Waals surface area contributed by atoms with Crippen molar-refractivity contribution < 1.29 is 36.2 Å². The average Bonchev–Trinajstić information content (AvgIpc) is 2.83. The molecule has 35 heavy (non-hydrogen) atoms. The highest BCUT2D eigenvalue weighted by Gasteiger charge is 2.34. The van der Waals surface area contributed by atoms with Gasteiger partial charge >= 0.3 is 6.18 Å². The number of hydrogen-bond donors (Lipinski definition) is 1. The number of alkyl halides is 3. The normalized spacial score (nSPS) is 26.0. The van der Waals surface area contributed by atoms with Crippen LogP contribution in [-0.2, 0) is 25.7 Å². The van der Waals surface area contributed by atoms with E-state index in [9.17, 15) is 31.5 Å². The minimum atomic E-state index is -4.52. The fourth-order valence-electron chi connectivity index (χ4n) is 4.89. The van der Waals surface area contributed by atoms with E-state index in [2.05, 4.69) is 0 Å². The highest BCUT2D eigenvalue weighted by Crippen LogP contribution is 2.32. The van der Waals surface area contributed by atoms with E-state index in [0.29, 0.717) is 45.1 Å². The summed E-state index contributed by atoms with van der Waals surface area (Å²) >= 11 is 0. The molecule has 1 amide bonds. The van der Waals surface area contributed by atoms with Gasteiger partial charge in [0, 0.05) is 26.2 Å². The lowest BCUT2D eigenvalue weighted by Crippen LogP contribution is -2.41. The molecule has 0 atom stereocenters. The Hall–Kier alpha value is -1.69. The van der Waals surface area contributed by atoms with Crippen LogP contribution in [0, 0.1) is 0 Å². The highest BCUT2D eigenvalue weighted by atomic mass is 32.2. The van der Waals surface area contributed by atoms with Crippen LogP contribution in [-0.4, -0.2) is 73.6 Å². The third-order valence-corrected chi connectivity index (χ3v) is 9.22. The number of halogens is 3. The summed E-state index contributed by atoms with van der Waals surface area (Å²) in [6.45, 7) is 0.299. The summed E-state index contributed by atoms with van der Waals surface area (Å²) in [5, 5.41) is 9.63. The number of aliphatic hydroxyl groups excluding tert-OH is 1. The number of aliphatic hydroxyl groups is 1. The van der Waals surface area contributed by atoms with Gasteiger partial charge < -0.3 is 14.7 Å². The number of carbonyl (C=O) groups is 1. The van der Waals surface area contributed by atoms with Crippen molar-refractivity contribution >= 4 is 15.9 Å². The third-order valence-electron chi connectivity index (χ3n) is 7.29. The van der Waals surface area contributed by atoms with E-state index in [1.54, 1.807) is 11.9 Å². The molecule has 0 unspecified atom stereocenters. The predicted octanol–water partition coefficient (Wildman–Crippen LogP) is 3.81. The molecular weight excluding hydrogens is 485 g/mol. The first-order valence-corrected chi connectivity index (χ1v) is 13.5. The molecule has 2 saturated carbocycles. The molecule has 1 aromatic carbocycles. The molecule has 1 aromatic rings. The van der Waals surface area contributed by atoms with Gasteiger partial charge in [-0.25, -0.2) is 8.42 Å². The summed E-state index contributed by atoms with van der Waals surface area (Å²) in [6, 6.07) is 3.43. The summed E-state index contributed by atoms with van der Waals surface area (Å²) in [6.07, 6.45) is 0.880. The van der Waals surface area contributed by atoms with E-state index < -0.39 is 21.8 Å². The van der Waals surface area contributed by atoms with Crippen molar-refractivity contribution in [1.29, 1.82) is 0 Å². The van der Waals surface area contributed by atoms with Gasteiger partial charge in [0.2, 0.25) is 15.9 Å². The Labute approximate surface area is 205 Å². The van der Waals surface area contributed by atoms with Crippen molar-refractivity contribution in [3.63, 3.8) is 0 Å². The Balaban J connectivity index is 1.43. The maximum Gasteiger partial charge on any atom is 0.416 e. The average molecular weight is 521 g/mol. The van der Waals surface area contributed by atoms with Gasteiger partial charge in [-0.15, -0.1) is 0 Å². The standard InChI is InChI=1S/C24H35F3N2O5S/c1-28(18-5-9-20(30)10-6-18)23(31)15-16-34-21-11-7-19(8-12-21)29(2)35(32,33)22-13-3-17(4-14-22)24(25,26)27/h3-4,13-14,18-21,30H,5-12,15-16H2,1-2H3/t18?,19-,20?,21-. The van der Waals surface area contributed by atoms with Gasteiger partial charge in [-0.05, 0) is 75.6 Å². The van der Waals surface area contributed by atoms with Crippen LogP contribution in [0.4, 0.5) is 13.2 Å². The third kappa shape index (κ3) is 7.18. The van der Waals surface area contributed by atoms with Crippen molar-refractivity contribution in [3.8, 4) is 0 Å². The first-order chi connectivity index (χ1) is 16.4. The lowest BCUT2D eigenvalue weighted by molar-refractivity contribution is -0.137. The number of nitrogens with zero attached hydrogens (tertiary/aromatic N) is 2. The molecule has 0 aliphatic heterocycles. The second-order valence-electron chi connectivity index (χ2n) is 9.56. The van der Waals surface area contributed by atoms with Gasteiger partial charge in [-0.2, -0.15) is 17.5 Å². The maximum atomic E-state index is 12.9. The lowest BCUT2D eigenvalue weighted by Gasteiger charge is -2.34. The number of amides is 1. The minimum absolute atomic E-state index is 0.0162. The number of rotatable bonds is 8. The molecule has 0 bridgehead atoms.